The zero-order chi connectivity index (χ0) is 15.1. The van der Waals surface area contributed by atoms with Crippen LogP contribution in [0.5, 0.6) is 0 Å². The van der Waals surface area contributed by atoms with Crippen LogP contribution in [0.25, 0.3) is 0 Å². The number of carbonyl (C=O) groups excluding carboxylic acids is 1. The van der Waals surface area contributed by atoms with Gasteiger partial charge in [-0.15, -0.1) is 11.3 Å². The van der Waals surface area contributed by atoms with Gasteiger partial charge in [-0.05, 0) is 12.5 Å². The molecule has 114 valence electrons. The van der Waals surface area contributed by atoms with Gasteiger partial charge >= 0.3 is 6.09 Å². The molecule has 1 fully saturated rings. The number of thiophene rings is 1. The van der Waals surface area contributed by atoms with E-state index in [0.29, 0.717) is 23.7 Å². The van der Waals surface area contributed by atoms with E-state index < -0.39 is 6.09 Å². The van der Waals surface area contributed by atoms with E-state index in [1.54, 1.807) is 6.07 Å². The highest BCUT2D eigenvalue weighted by molar-refractivity contribution is 7.16. The van der Waals surface area contributed by atoms with Crippen LogP contribution < -0.4 is 5.32 Å². The van der Waals surface area contributed by atoms with Crippen molar-refractivity contribution in [1.82, 2.24) is 4.90 Å². The Bertz CT molecular complexity index is 518. The third kappa shape index (κ3) is 4.70. The SMILES string of the molecule is CCc1cc(C#N)c(NC(=O)OCCN2CCOCC2)s1. The largest absolute Gasteiger partial charge is 0.448 e. The minimum absolute atomic E-state index is 0.333. The zero-order valence-corrected chi connectivity index (χ0v) is 12.9. The first kappa shape index (κ1) is 15.8. The maximum Gasteiger partial charge on any atom is 0.412 e. The summed E-state index contributed by atoms with van der Waals surface area (Å²) in [6.07, 6.45) is 0.330. The second-order valence-electron chi connectivity index (χ2n) is 4.64. The first-order valence-corrected chi connectivity index (χ1v) is 7.81. The number of hydrogen-bond acceptors (Lipinski definition) is 6. The number of nitrogens with zero attached hydrogens (tertiary/aromatic N) is 2. The van der Waals surface area contributed by atoms with Crippen molar-refractivity contribution in [2.45, 2.75) is 13.3 Å². The molecule has 2 heterocycles. The molecule has 0 atom stereocenters. The minimum atomic E-state index is -0.510. The van der Waals surface area contributed by atoms with Crippen molar-refractivity contribution in [2.24, 2.45) is 0 Å². The lowest BCUT2D eigenvalue weighted by Crippen LogP contribution is -2.38. The molecule has 21 heavy (non-hydrogen) atoms. The number of amides is 1. The van der Waals surface area contributed by atoms with Gasteiger partial charge in [-0.1, -0.05) is 6.92 Å². The second-order valence-corrected chi connectivity index (χ2v) is 5.77. The first-order chi connectivity index (χ1) is 10.2. The molecule has 1 aromatic heterocycles. The van der Waals surface area contributed by atoms with Crippen molar-refractivity contribution in [3.05, 3.63) is 16.5 Å². The molecule has 1 aliphatic rings. The van der Waals surface area contributed by atoms with Gasteiger partial charge in [0.05, 0.1) is 18.8 Å². The Morgan fingerprint density at radius 3 is 3.00 bits per heavy atom. The van der Waals surface area contributed by atoms with E-state index in [1.165, 1.54) is 11.3 Å². The molecule has 1 aliphatic heterocycles. The topological polar surface area (TPSA) is 74.6 Å². The van der Waals surface area contributed by atoms with Gasteiger partial charge in [-0.25, -0.2) is 4.79 Å². The van der Waals surface area contributed by atoms with E-state index >= 15 is 0 Å². The van der Waals surface area contributed by atoms with Gasteiger partial charge in [-0.2, -0.15) is 5.26 Å². The number of nitriles is 1. The molecule has 1 saturated heterocycles. The summed E-state index contributed by atoms with van der Waals surface area (Å²) in [6.45, 7) is 6.24. The molecule has 1 N–H and O–H groups in total. The van der Waals surface area contributed by atoms with Crippen LogP contribution in [0.2, 0.25) is 0 Å². The van der Waals surface area contributed by atoms with E-state index in [9.17, 15) is 4.79 Å². The molecule has 1 aromatic rings. The number of hydrogen-bond donors (Lipinski definition) is 1. The molecule has 7 heteroatoms. The lowest BCUT2D eigenvalue weighted by molar-refractivity contribution is 0.0290. The van der Waals surface area contributed by atoms with Gasteiger partial charge in [0, 0.05) is 24.5 Å². The molecule has 0 aromatic carbocycles. The summed E-state index contributed by atoms with van der Waals surface area (Å²) < 4.78 is 10.4. The lowest BCUT2D eigenvalue weighted by Gasteiger charge is -2.26. The summed E-state index contributed by atoms with van der Waals surface area (Å²) in [5.41, 5.74) is 0.488. The summed E-state index contributed by atoms with van der Waals surface area (Å²) in [5.74, 6) is 0. The van der Waals surface area contributed by atoms with Crippen LogP contribution in [0, 0.1) is 11.3 Å². The quantitative estimate of drug-likeness (QED) is 0.901. The van der Waals surface area contributed by atoms with Crippen LogP contribution in [0.15, 0.2) is 6.07 Å². The lowest BCUT2D eigenvalue weighted by atomic mass is 10.3. The molecule has 0 bridgehead atoms. The van der Waals surface area contributed by atoms with Crippen molar-refractivity contribution in [1.29, 1.82) is 5.26 Å². The zero-order valence-electron chi connectivity index (χ0n) is 12.1. The highest BCUT2D eigenvalue weighted by Gasteiger charge is 2.13. The maximum absolute atomic E-state index is 11.7. The van der Waals surface area contributed by atoms with E-state index in [4.69, 9.17) is 14.7 Å². The van der Waals surface area contributed by atoms with Crippen LogP contribution >= 0.6 is 11.3 Å². The van der Waals surface area contributed by atoms with Gasteiger partial charge in [0.15, 0.2) is 0 Å². The van der Waals surface area contributed by atoms with Crippen molar-refractivity contribution in [3.63, 3.8) is 0 Å². The molecule has 0 spiro atoms. The van der Waals surface area contributed by atoms with E-state index in [-0.39, 0.29) is 0 Å². The standard InChI is InChI=1S/C14H19N3O3S/c1-2-12-9-11(10-15)13(21-12)16-14(18)20-8-5-17-3-6-19-7-4-17/h9H,2-8H2,1H3,(H,16,18). The number of ether oxygens (including phenoxy) is 2. The number of morpholine rings is 1. The van der Waals surface area contributed by atoms with Gasteiger partial charge in [0.2, 0.25) is 0 Å². The molecule has 6 nitrogen and oxygen atoms in total. The Balaban J connectivity index is 1.76. The number of anilines is 1. The Kier molecular flexibility index (Phi) is 5.99. The molecule has 0 saturated carbocycles. The predicted octanol–water partition coefficient (Wildman–Crippen LogP) is 2.06. The highest BCUT2D eigenvalue weighted by atomic mass is 32.1. The van der Waals surface area contributed by atoms with E-state index in [0.717, 1.165) is 37.6 Å². The molecule has 2 rings (SSSR count). The number of aryl methyl sites for hydroxylation is 1. The summed E-state index contributed by atoms with van der Waals surface area (Å²) in [4.78, 5) is 15.0. The van der Waals surface area contributed by atoms with Crippen LogP contribution in [0.3, 0.4) is 0 Å². The average molecular weight is 309 g/mol. The Hall–Kier alpha value is -1.62. The van der Waals surface area contributed by atoms with Crippen LogP contribution in [-0.2, 0) is 15.9 Å². The monoisotopic (exact) mass is 309 g/mol. The normalized spacial score (nSPS) is 15.4. The van der Waals surface area contributed by atoms with Gasteiger partial charge < -0.3 is 9.47 Å². The van der Waals surface area contributed by atoms with E-state index in [2.05, 4.69) is 16.3 Å². The molecule has 1 amide bonds. The van der Waals surface area contributed by atoms with Gasteiger partial charge in [0.25, 0.3) is 0 Å². The fraction of sp³-hybridized carbons (Fsp3) is 0.571. The van der Waals surface area contributed by atoms with Crippen molar-refractivity contribution in [2.75, 3.05) is 44.8 Å². The summed E-state index contributed by atoms with van der Waals surface area (Å²) in [7, 11) is 0. The smallest absolute Gasteiger partial charge is 0.412 e. The molecular formula is C14H19N3O3S. The Morgan fingerprint density at radius 2 is 2.33 bits per heavy atom. The predicted molar refractivity (Wildman–Crippen MR) is 80.6 cm³/mol. The van der Waals surface area contributed by atoms with Crippen molar-refractivity contribution in [3.8, 4) is 6.07 Å². The van der Waals surface area contributed by atoms with Crippen LogP contribution in [-0.4, -0.2) is 50.4 Å². The Morgan fingerprint density at radius 1 is 1.57 bits per heavy atom. The fourth-order valence-corrected chi connectivity index (χ4v) is 2.95. The molecule has 0 radical (unpaired) electrons. The van der Waals surface area contributed by atoms with Crippen molar-refractivity contribution >= 4 is 22.4 Å². The molecular weight excluding hydrogens is 290 g/mol. The molecule has 0 aliphatic carbocycles. The van der Waals surface area contributed by atoms with E-state index in [1.807, 2.05) is 6.92 Å². The maximum atomic E-state index is 11.7. The van der Waals surface area contributed by atoms with Crippen molar-refractivity contribution < 1.29 is 14.3 Å². The van der Waals surface area contributed by atoms with Gasteiger partial charge in [0.1, 0.15) is 17.7 Å². The van der Waals surface area contributed by atoms with Gasteiger partial charge in [-0.3, -0.25) is 10.2 Å². The summed E-state index contributed by atoms with van der Waals surface area (Å²) >= 11 is 1.41. The molecule has 0 unspecified atom stereocenters. The second kappa shape index (κ2) is 7.98. The average Bonchev–Trinajstić information content (AvgIpc) is 2.90. The third-order valence-corrected chi connectivity index (χ3v) is 4.41. The number of carbonyl (C=O) groups is 1. The number of rotatable bonds is 5. The minimum Gasteiger partial charge on any atom is -0.448 e. The third-order valence-electron chi connectivity index (χ3n) is 3.21. The van der Waals surface area contributed by atoms with Crippen LogP contribution in [0.1, 0.15) is 17.4 Å². The summed E-state index contributed by atoms with van der Waals surface area (Å²) in [5, 5.41) is 12.2. The summed E-state index contributed by atoms with van der Waals surface area (Å²) in [6, 6.07) is 3.88. The van der Waals surface area contributed by atoms with Crippen LogP contribution in [0.4, 0.5) is 9.80 Å². The first-order valence-electron chi connectivity index (χ1n) is 6.99. The highest BCUT2D eigenvalue weighted by Crippen LogP contribution is 2.27. The number of nitrogens with one attached hydrogen (secondary N) is 1. The Labute approximate surface area is 128 Å². The fourth-order valence-electron chi connectivity index (χ4n) is 2.01.